The summed E-state index contributed by atoms with van der Waals surface area (Å²) in [6.45, 7) is 0. The summed E-state index contributed by atoms with van der Waals surface area (Å²) in [5, 5.41) is 9.59. The summed E-state index contributed by atoms with van der Waals surface area (Å²) in [5.41, 5.74) is 2.20. The van der Waals surface area contributed by atoms with Gasteiger partial charge in [0.05, 0.1) is 12.1 Å². The Kier molecular flexibility index (Phi) is 6.58. The van der Waals surface area contributed by atoms with Crippen LogP contribution in [0.3, 0.4) is 0 Å². The van der Waals surface area contributed by atoms with Crippen molar-refractivity contribution in [2.24, 2.45) is 0 Å². The van der Waals surface area contributed by atoms with Crippen molar-refractivity contribution in [3.63, 3.8) is 0 Å². The molecule has 33 heavy (non-hydrogen) atoms. The smallest absolute Gasteiger partial charge is 0.291 e. The minimum atomic E-state index is -0.410. The number of thiocarbonyl (C=S) groups is 1. The molecule has 4 rings (SSSR count). The number of carbonyl (C=O) groups is 2. The van der Waals surface area contributed by atoms with Crippen molar-refractivity contribution in [2.45, 2.75) is 0 Å². The van der Waals surface area contributed by atoms with Crippen molar-refractivity contribution in [1.29, 1.82) is 0 Å². The van der Waals surface area contributed by atoms with Crippen molar-refractivity contribution < 1.29 is 18.7 Å². The Labute approximate surface area is 199 Å². The van der Waals surface area contributed by atoms with E-state index in [0.717, 1.165) is 5.39 Å². The van der Waals surface area contributed by atoms with Gasteiger partial charge in [0.2, 0.25) is 0 Å². The minimum absolute atomic E-state index is 0.117. The molecule has 166 valence electrons. The molecule has 3 aromatic carbocycles. The van der Waals surface area contributed by atoms with Gasteiger partial charge in [-0.2, -0.15) is 0 Å². The van der Waals surface area contributed by atoms with Crippen LogP contribution in [0.1, 0.15) is 20.9 Å². The lowest BCUT2D eigenvalue weighted by atomic mass is 10.2. The van der Waals surface area contributed by atoms with E-state index >= 15 is 0 Å². The Morgan fingerprint density at radius 2 is 1.61 bits per heavy atom. The number of halogens is 1. The van der Waals surface area contributed by atoms with Gasteiger partial charge in [-0.15, -0.1) is 0 Å². The molecule has 0 radical (unpaired) electrons. The normalized spacial score (nSPS) is 10.5. The molecule has 1 heterocycles. The Hall–Kier alpha value is -3.88. The fourth-order valence-electron chi connectivity index (χ4n) is 3.07. The molecule has 0 unspecified atom stereocenters. The predicted molar refractivity (Wildman–Crippen MR) is 132 cm³/mol. The molecule has 0 spiro atoms. The second-order valence-electron chi connectivity index (χ2n) is 6.94. The number of fused-ring (bicyclic) bond motifs is 1. The van der Waals surface area contributed by atoms with Gasteiger partial charge in [0.25, 0.3) is 11.8 Å². The standard InChI is InChI=1S/C24H18ClN3O4S/c1-31-20-11-6-15(12-18(20)25)22(29)28-24(33)27-17-9-7-16(8-10-17)26-23(30)21-13-14-4-2-3-5-19(14)32-21/h2-13H,1H3,(H,26,30)(H2,27,28,29,33). The van der Waals surface area contributed by atoms with E-state index < -0.39 is 5.91 Å². The molecule has 0 saturated carbocycles. The van der Waals surface area contributed by atoms with E-state index in [4.69, 9.17) is 33.0 Å². The van der Waals surface area contributed by atoms with E-state index in [2.05, 4.69) is 16.0 Å². The number of hydrogen-bond donors (Lipinski definition) is 3. The summed E-state index contributed by atoms with van der Waals surface area (Å²) in [5.74, 6) is -0.0676. The highest BCUT2D eigenvalue weighted by Gasteiger charge is 2.13. The molecule has 0 aliphatic rings. The highest BCUT2D eigenvalue weighted by molar-refractivity contribution is 7.80. The Balaban J connectivity index is 1.34. The molecule has 0 bridgehead atoms. The van der Waals surface area contributed by atoms with E-state index in [1.807, 2.05) is 18.2 Å². The van der Waals surface area contributed by atoms with Gasteiger partial charge >= 0.3 is 0 Å². The van der Waals surface area contributed by atoms with E-state index in [9.17, 15) is 9.59 Å². The SMILES string of the molecule is COc1ccc(C(=O)NC(=S)Nc2ccc(NC(=O)c3cc4ccccc4o3)cc2)cc1Cl. The topological polar surface area (TPSA) is 92.6 Å². The second kappa shape index (κ2) is 9.72. The third kappa shape index (κ3) is 5.31. The first-order chi connectivity index (χ1) is 15.9. The Bertz CT molecular complexity index is 1320. The number of methoxy groups -OCH3 is 1. The van der Waals surface area contributed by atoms with Gasteiger partial charge in [-0.05, 0) is 66.8 Å². The van der Waals surface area contributed by atoms with Crippen LogP contribution in [0.15, 0.2) is 77.2 Å². The molecule has 0 fully saturated rings. The number of rotatable bonds is 5. The van der Waals surface area contributed by atoms with Gasteiger partial charge in [0, 0.05) is 22.3 Å². The van der Waals surface area contributed by atoms with Gasteiger partial charge in [0.1, 0.15) is 11.3 Å². The van der Waals surface area contributed by atoms with Gasteiger partial charge in [-0.25, -0.2) is 0 Å². The monoisotopic (exact) mass is 479 g/mol. The molecular formula is C24H18ClN3O4S. The summed E-state index contributed by atoms with van der Waals surface area (Å²) >= 11 is 11.3. The number of ether oxygens (including phenoxy) is 1. The van der Waals surface area contributed by atoms with E-state index in [1.54, 1.807) is 48.5 Å². The number of anilines is 2. The first kappa shape index (κ1) is 22.3. The number of benzene rings is 3. The number of furan rings is 1. The zero-order valence-corrected chi connectivity index (χ0v) is 18.9. The molecule has 3 N–H and O–H groups in total. The lowest BCUT2D eigenvalue weighted by molar-refractivity contribution is 0.0975. The highest BCUT2D eigenvalue weighted by Crippen LogP contribution is 2.25. The zero-order valence-electron chi connectivity index (χ0n) is 17.3. The molecule has 2 amide bonds. The second-order valence-corrected chi connectivity index (χ2v) is 7.75. The van der Waals surface area contributed by atoms with Gasteiger partial charge in [-0.1, -0.05) is 29.8 Å². The number of amides is 2. The fourth-order valence-corrected chi connectivity index (χ4v) is 3.54. The average Bonchev–Trinajstić information content (AvgIpc) is 3.25. The lowest BCUT2D eigenvalue weighted by Gasteiger charge is -2.11. The quantitative estimate of drug-likeness (QED) is 0.328. The number of carbonyl (C=O) groups excluding carboxylic acids is 2. The number of para-hydroxylation sites is 1. The largest absolute Gasteiger partial charge is 0.495 e. The number of hydrogen-bond acceptors (Lipinski definition) is 5. The van der Waals surface area contributed by atoms with Crippen LogP contribution in [0.2, 0.25) is 5.02 Å². The van der Waals surface area contributed by atoms with E-state index in [0.29, 0.717) is 33.3 Å². The summed E-state index contributed by atoms with van der Waals surface area (Å²) in [7, 11) is 1.50. The average molecular weight is 480 g/mol. The molecule has 0 aliphatic carbocycles. The van der Waals surface area contributed by atoms with Crippen LogP contribution in [0.4, 0.5) is 11.4 Å². The summed E-state index contributed by atoms with van der Waals surface area (Å²) in [6.07, 6.45) is 0. The van der Waals surface area contributed by atoms with Crippen LogP contribution in [0.25, 0.3) is 11.0 Å². The fraction of sp³-hybridized carbons (Fsp3) is 0.0417. The molecular weight excluding hydrogens is 462 g/mol. The highest BCUT2D eigenvalue weighted by atomic mass is 35.5. The van der Waals surface area contributed by atoms with Crippen molar-refractivity contribution in [3.8, 4) is 5.75 Å². The van der Waals surface area contributed by atoms with Crippen LogP contribution < -0.4 is 20.7 Å². The summed E-state index contributed by atoms with van der Waals surface area (Å²) < 4.78 is 10.7. The minimum Gasteiger partial charge on any atom is -0.495 e. The molecule has 0 aliphatic heterocycles. The maximum Gasteiger partial charge on any atom is 0.291 e. The van der Waals surface area contributed by atoms with Gasteiger partial charge in [0.15, 0.2) is 10.9 Å². The van der Waals surface area contributed by atoms with Crippen LogP contribution in [0, 0.1) is 0 Å². The van der Waals surface area contributed by atoms with E-state index in [1.165, 1.54) is 13.2 Å². The third-order valence-corrected chi connectivity index (χ3v) is 5.19. The maximum absolute atomic E-state index is 12.5. The first-order valence-electron chi connectivity index (χ1n) is 9.79. The molecule has 7 nitrogen and oxygen atoms in total. The van der Waals surface area contributed by atoms with Crippen molar-refractivity contribution in [3.05, 3.63) is 89.1 Å². The lowest BCUT2D eigenvalue weighted by Crippen LogP contribution is -2.34. The van der Waals surface area contributed by atoms with Crippen molar-refractivity contribution in [1.82, 2.24) is 5.32 Å². The summed E-state index contributed by atoms with van der Waals surface area (Å²) in [6, 6.07) is 20.6. The van der Waals surface area contributed by atoms with Gasteiger partial charge in [-0.3, -0.25) is 14.9 Å². The Morgan fingerprint density at radius 3 is 2.27 bits per heavy atom. The third-order valence-electron chi connectivity index (χ3n) is 4.69. The van der Waals surface area contributed by atoms with Crippen LogP contribution in [-0.4, -0.2) is 24.0 Å². The maximum atomic E-state index is 12.5. The summed E-state index contributed by atoms with van der Waals surface area (Å²) in [4.78, 5) is 24.8. The Morgan fingerprint density at radius 1 is 0.909 bits per heavy atom. The van der Waals surface area contributed by atoms with Crippen molar-refractivity contribution >= 4 is 63.1 Å². The number of nitrogens with one attached hydrogen (secondary N) is 3. The predicted octanol–water partition coefficient (Wildman–Crippen LogP) is 5.47. The van der Waals surface area contributed by atoms with Crippen LogP contribution >= 0.6 is 23.8 Å². The van der Waals surface area contributed by atoms with Crippen LogP contribution in [0.5, 0.6) is 5.75 Å². The van der Waals surface area contributed by atoms with Crippen molar-refractivity contribution in [2.75, 3.05) is 17.7 Å². The van der Waals surface area contributed by atoms with Crippen LogP contribution in [-0.2, 0) is 0 Å². The molecule has 9 heteroatoms. The molecule has 0 saturated heterocycles. The molecule has 1 aromatic heterocycles. The first-order valence-corrected chi connectivity index (χ1v) is 10.6. The van der Waals surface area contributed by atoms with Gasteiger partial charge < -0.3 is 19.8 Å². The molecule has 0 atom stereocenters. The van der Waals surface area contributed by atoms with E-state index in [-0.39, 0.29) is 16.8 Å². The zero-order chi connectivity index (χ0) is 23.4. The molecule has 4 aromatic rings.